The van der Waals surface area contributed by atoms with Crippen molar-refractivity contribution in [2.24, 2.45) is 0 Å². The van der Waals surface area contributed by atoms with E-state index in [2.05, 4.69) is 10.1 Å². The van der Waals surface area contributed by atoms with Crippen molar-refractivity contribution in [1.29, 1.82) is 0 Å². The Bertz CT molecular complexity index is 781. The SMILES string of the molecule is CNn1cc(C(=O)OB(F)F)c(=O)c2cc(F)c(Cl)cc21. The van der Waals surface area contributed by atoms with Gasteiger partial charge in [0.15, 0.2) is 0 Å². The van der Waals surface area contributed by atoms with Gasteiger partial charge in [0, 0.05) is 13.2 Å². The van der Waals surface area contributed by atoms with Crippen molar-refractivity contribution in [3.05, 3.63) is 45.0 Å². The lowest BCUT2D eigenvalue weighted by atomic mass is 10.1. The van der Waals surface area contributed by atoms with E-state index in [4.69, 9.17) is 11.6 Å². The topological polar surface area (TPSA) is 60.3 Å². The maximum absolute atomic E-state index is 13.5. The summed E-state index contributed by atoms with van der Waals surface area (Å²) < 4.78 is 42.5. The number of hydrogen-bond donors (Lipinski definition) is 1. The van der Waals surface area contributed by atoms with E-state index in [0.29, 0.717) is 0 Å². The second kappa shape index (κ2) is 5.68. The lowest BCUT2D eigenvalue weighted by molar-refractivity contribution is 0.0693. The minimum Gasteiger partial charge on any atom is -0.474 e. The second-order valence-electron chi connectivity index (χ2n) is 3.91. The molecule has 2 rings (SSSR count). The highest BCUT2D eigenvalue weighted by Crippen LogP contribution is 2.21. The van der Waals surface area contributed by atoms with Gasteiger partial charge in [-0.1, -0.05) is 11.6 Å². The van der Waals surface area contributed by atoms with Crippen LogP contribution in [-0.2, 0) is 4.65 Å². The maximum atomic E-state index is 13.5. The van der Waals surface area contributed by atoms with Gasteiger partial charge in [-0.3, -0.25) is 9.47 Å². The van der Waals surface area contributed by atoms with Crippen LogP contribution in [0.25, 0.3) is 10.9 Å². The fourth-order valence-corrected chi connectivity index (χ4v) is 1.95. The molecule has 0 unspecified atom stereocenters. The lowest BCUT2D eigenvalue weighted by Crippen LogP contribution is -2.25. The van der Waals surface area contributed by atoms with Gasteiger partial charge in [0.05, 0.1) is 15.9 Å². The van der Waals surface area contributed by atoms with Gasteiger partial charge in [0.2, 0.25) is 5.43 Å². The molecular weight excluding hydrogens is 311 g/mol. The summed E-state index contributed by atoms with van der Waals surface area (Å²) >= 11 is 5.63. The number of aromatic nitrogens is 1. The number of fused-ring (bicyclic) bond motifs is 1. The number of hydrogen-bond acceptors (Lipinski definition) is 4. The van der Waals surface area contributed by atoms with Gasteiger partial charge in [-0.15, -0.1) is 0 Å². The van der Waals surface area contributed by atoms with E-state index in [-0.39, 0.29) is 15.9 Å². The van der Waals surface area contributed by atoms with Crippen LogP contribution in [0.4, 0.5) is 13.0 Å². The summed E-state index contributed by atoms with van der Waals surface area (Å²) in [7, 11) is -1.92. The number of carbonyl (C=O) groups is 1. The molecule has 0 spiro atoms. The first kappa shape index (κ1) is 15.2. The molecule has 0 bridgehead atoms. The van der Waals surface area contributed by atoms with E-state index in [0.717, 1.165) is 12.3 Å². The first-order chi connectivity index (χ1) is 9.85. The first-order valence-corrected chi connectivity index (χ1v) is 5.94. The zero-order valence-corrected chi connectivity index (χ0v) is 11.2. The predicted octanol–water partition coefficient (Wildman–Crippen LogP) is 2.05. The van der Waals surface area contributed by atoms with Crippen LogP contribution in [0.2, 0.25) is 5.02 Å². The Balaban J connectivity index is 2.75. The van der Waals surface area contributed by atoms with E-state index in [1.165, 1.54) is 17.8 Å². The Morgan fingerprint density at radius 2 is 2.10 bits per heavy atom. The summed E-state index contributed by atoms with van der Waals surface area (Å²) in [5.74, 6) is -2.38. The number of pyridine rings is 1. The van der Waals surface area contributed by atoms with Crippen LogP contribution in [0.15, 0.2) is 23.1 Å². The summed E-state index contributed by atoms with van der Waals surface area (Å²) in [6, 6.07) is 2.00. The Morgan fingerprint density at radius 1 is 1.43 bits per heavy atom. The van der Waals surface area contributed by atoms with E-state index < -0.39 is 30.2 Å². The number of benzene rings is 1. The lowest BCUT2D eigenvalue weighted by Gasteiger charge is -2.12. The predicted molar refractivity (Wildman–Crippen MR) is 71.8 cm³/mol. The summed E-state index contributed by atoms with van der Waals surface area (Å²) in [6.45, 7) is 0. The Kier molecular flexibility index (Phi) is 4.12. The molecule has 0 radical (unpaired) electrons. The summed E-state index contributed by atoms with van der Waals surface area (Å²) in [5, 5.41) is -0.427. The van der Waals surface area contributed by atoms with E-state index in [9.17, 15) is 22.6 Å². The maximum Gasteiger partial charge on any atom is 0.798 e. The molecular formula is C11H7BClF3N2O3. The minimum absolute atomic E-state index is 0.183. The molecule has 5 nitrogen and oxygen atoms in total. The summed E-state index contributed by atoms with van der Waals surface area (Å²) in [4.78, 5) is 23.6. The molecule has 0 aliphatic heterocycles. The molecule has 0 atom stereocenters. The van der Waals surface area contributed by atoms with Crippen LogP contribution in [0.3, 0.4) is 0 Å². The molecule has 1 heterocycles. The molecule has 110 valence electrons. The molecule has 0 saturated carbocycles. The highest BCUT2D eigenvalue weighted by Gasteiger charge is 2.26. The fraction of sp³-hybridized carbons (Fsp3) is 0.0909. The van der Waals surface area contributed by atoms with Crippen LogP contribution >= 0.6 is 11.6 Å². The van der Waals surface area contributed by atoms with Gasteiger partial charge >= 0.3 is 13.4 Å². The van der Waals surface area contributed by atoms with E-state index in [1.54, 1.807) is 0 Å². The Hall–Kier alpha value is -2.16. The third-order valence-corrected chi connectivity index (χ3v) is 2.99. The largest absolute Gasteiger partial charge is 0.798 e. The highest BCUT2D eigenvalue weighted by atomic mass is 35.5. The van der Waals surface area contributed by atoms with Crippen molar-refractivity contribution in [2.45, 2.75) is 0 Å². The van der Waals surface area contributed by atoms with E-state index in [1.807, 2.05) is 0 Å². The highest BCUT2D eigenvalue weighted by molar-refractivity contribution is 6.38. The number of nitrogens with one attached hydrogen (secondary N) is 1. The molecule has 0 aliphatic rings. The van der Waals surface area contributed by atoms with E-state index >= 15 is 0 Å². The van der Waals surface area contributed by atoms with Crippen LogP contribution < -0.4 is 10.9 Å². The van der Waals surface area contributed by atoms with Crippen molar-refractivity contribution in [1.82, 2.24) is 4.68 Å². The van der Waals surface area contributed by atoms with Crippen molar-refractivity contribution < 1.29 is 22.5 Å². The van der Waals surface area contributed by atoms with Crippen molar-refractivity contribution >= 4 is 35.9 Å². The molecule has 0 saturated heterocycles. The zero-order valence-electron chi connectivity index (χ0n) is 10.5. The number of nitrogens with zero attached hydrogens (tertiary/aromatic N) is 1. The van der Waals surface area contributed by atoms with Crippen LogP contribution in [0, 0.1) is 5.82 Å². The quantitative estimate of drug-likeness (QED) is 0.880. The van der Waals surface area contributed by atoms with Crippen LogP contribution in [0.1, 0.15) is 10.4 Å². The molecule has 1 N–H and O–H groups in total. The monoisotopic (exact) mass is 318 g/mol. The number of halogens is 4. The smallest absolute Gasteiger partial charge is 0.474 e. The normalized spacial score (nSPS) is 10.5. The third kappa shape index (κ3) is 2.82. The van der Waals surface area contributed by atoms with Gasteiger partial charge < -0.3 is 10.1 Å². The Labute approximate surface area is 121 Å². The van der Waals surface area contributed by atoms with Gasteiger partial charge in [-0.05, 0) is 12.1 Å². The van der Waals surface area contributed by atoms with Crippen molar-refractivity contribution in [3.63, 3.8) is 0 Å². The van der Waals surface area contributed by atoms with Gasteiger partial charge in [0.1, 0.15) is 11.4 Å². The fourth-order valence-electron chi connectivity index (χ4n) is 1.79. The minimum atomic E-state index is -3.36. The average Bonchev–Trinajstić information content (AvgIpc) is 2.40. The molecule has 0 aliphatic carbocycles. The average molecular weight is 318 g/mol. The molecule has 0 fully saturated rings. The Morgan fingerprint density at radius 3 is 2.67 bits per heavy atom. The molecule has 2 aromatic rings. The first-order valence-electron chi connectivity index (χ1n) is 5.56. The summed E-state index contributed by atoms with van der Waals surface area (Å²) in [5.41, 5.74) is 1.19. The molecule has 0 amide bonds. The molecule has 1 aromatic carbocycles. The number of carbonyl (C=O) groups excluding carboxylic acids is 1. The standard InChI is InChI=1S/C11H7BClF3N2O3/c1-17-18-4-6(11(20)21-12(15)16)10(19)5-2-8(14)7(13)3-9(5)18/h2-4,17H,1H3. The molecule has 10 heteroatoms. The van der Waals surface area contributed by atoms with Gasteiger partial charge in [-0.2, -0.15) is 0 Å². The van der Waals surface area contributed by atoms with Crippen LogP contribution in [-0.4, -0.2) is 25.2 Å². The van der Waals surface area contributed by atoms with Crippen LogP contribution in [0.5, 0.6) is 0 Å². The third-order valence-electron chi connectivity index (χ3n) is 2.70. The van der Waals surface area contributed by atoms with Gasteiger partial charge in [-0.25, -0.2) is 17.8 Å². The molecule has 1 aromatic heterocycles. The van der Waals surface area contributed by atoms with Crippen molar-refractivity contribution in [3.8, 4) is 0 Å². The zero-order chi connectivity index (χ0) is 15.7. The molecule has 21 heavy (non-hydrogen) atoms. The second-order valence-corrected chi connectivity index (χ2v) is 4.32. The van der Waals surface area contributed by atoms with Gasteiger partial charge in [0.25, 0.3) is 0 Å². The van der Waals surface area contributed by atoms with Crippen molar-refractivity contribution in [2.75, 3.05) is 12.5 Å². The summed E-state index contributed by atoms with van der Waals surface area (Å²) in [6.07, 6.45) is 0.976. The number of rotatable bonds is 3.